The summed E-state index contributed by atoms with van der Waals surface area (Å²) >= 11 is 0. The van der Waals surface area contributed by atoms with E-state index >= 15 is 0 Å². The van der Waals surface area contributed by atoms with Crippen molar-refractivity contribution in [2.45, 2.75) is 0 Å². The molecule has 0 saturated heterocycles. The number of carbonyl (C=O) groups is 1. The highest BCUT2D eigenvalue weighted by Crippen LogP contribution is 2.07. The van der Waals surface area contributed by atoms with Crippen LogP contribution in [0.2, 0.25) is 0 Å². The first-order valence-corrected chi connectivity index (χ1v) is 2.99. The Bertz CT molecular complexity index is 155. The third-order valence-electron chi connectivity index (χ3n) is 1.21. The Morgan fingerprint density at radius 3 is 3.20 bits per heavy atom. The first-order chi connectivity index (χ1) is 4.86. The van der Waals surface area contributed by atoms with Crippen molar-refractivity contribution in [1.82, 2.24) is 4.90 Å². The molecular weight excluding hydrogens is 134 g/mol. The fourth-order valence-corrected chi connectivity index (χ4v) is 0.732. The Labute approximate surface area is 58.7 Å². The van der Waals surface area contributed by atoms with E-state index in [0.717, 1.165) is 6.29 Å². The molecule has 0 saturated carbocycles. The summed E-state index contributed by atoms with van der Waals surface area (Å²) in [6, 6.07) is 0. The summed E-state index contributed by atoms with van der Waals surface area (Å²) in [5, 5.41) is 8.54. The average Bonchev–Trinajstić information content (AvgIpc) is 2.37. The first kappa shape index (κ1) is 7.08. The number of carbonyl (C=O) groups excluding carboxylic acids is 1. The average molecular weight is 143 g/mol. The van der Waals surface area contributed by atoms with E-state index in [9.17, 15) is 4.79 Å². The van der Waals surface area contributed by atoms with Crippen LogP contribution in [0.1, 0.15) is 0 Å². The Balaban J connectivity index is 2.38. The molecule has 0 aromatic heterocycles. The standard InChI is InChI=1S/C6H9NO3/c8-2-1-7-3-6(4-9)10-5-7/h2-3,9H,1,4-5H2. The minimum atomic E-state index is -0.102. The molecule has 1 heterocycles. The minimum Gasteiger partial charge on any atom is -0.473 e. The summed E-state index contributed by atoms with van der Waals surface area (Å²) in [4.78, 5) is 11.6. The van der Waals surface area contributed by atoms with Gasteiger partial charge in [0.05, 0.1) is 6.54 Å². The summed E-state index contributed by atoms with van der Waals surface area (Å²) in [6.45, 7) is 0.591. The second kappa shape index (κ2) is 3.22. The summed E-state index contributed by atoms with van der Waals surface area (Å²) in [5.41, 5.74) is 0. The maximum atomic E-state index is 9.97. The molecule has 0 aliphatic carbocycles. The van der Waals surface area contributed by atoms with Gasteiger partial charge < -0.3 is 19.5 Å². The molecule has 56 valence electrons. The van der Waals surface area contributed by atoms with Gasteiger partial charge in [-0.25, -0.2) is 0 Å². The molecule has 4 nitrogen and oxygen atoms in total. The number of aldehydes is 1. The van der Waals surface area contributed by atoms with Crippen LogP contribution in [0.3, 0.4) is 0 Å². The second-order valence-electron chi connectivity index (χ2n) is 1.96. The van der Waals surface area contributed by atoms with E-state index in [1.165, 1.54) is 0 Å². The number of hydrogen-bond acceptors (Lipinski definition) is 4. The highest BCUT2D eigenvalue weighted by molar-refractivity contribution is 5.52. The fraction of sp³-hybridized carbons (Fsp3) is 0.500. The zero-order valence-corrected chi connectivity index (χ0v) is 5.49. The maximum Gasteiger partial charge on any atom is 0.161 e. The molecule has 1 aliphatic rings. The zero-order chi connectivity index (χ0) is 7.40. The minimum absolute atomic E-state index is 0.102. The van der Waals surface area contributed by atoms with Crippen molar-refractivity contribution in [3.63, 3.8) is 0 Å². The van der Waals surface area contributed by atoms with Crippen LogP contribution in [0.25, 0.3) is 0 Å². The molecule has 1 N–H and O–H groups in total. The Morgan fingerprint density at radius 1 is 1.90 bits per heavy atom. The summed E-state index contributed by atoms with van der Waals surface area (Å²) < 4.78 is 4.95. The van der Waals surface area contributed by atoms with E-state index in [2.05, 4.69) is 0 Å². The lowest BCUT2D eigenvalue weighted by atomic mass is 10.5. The van der Waals surface area contributed by atoms with E-state index in [-0.39, 0.29) is 6.61 Å². The third kappa shape index (κ3) is 1.48. The first-order valence-electron chi connectivity index (χ1n) is 2.99. The normalized spacial score (nSPS) is 16.5. The number of ether oxygens (including phenoxy) is 1. The van der Waals surface area contributed by atoms with Gasteiger partial charge in [0, 0.05) is 6.20 Å². The van der Waals surface area contributed by atoms with E-state index < -0.39 is 0 Å². The Kier molecular flexibility index (Phi) is 2.28. The molecule has 4 heteroatoms. The highest BCUT2D eigenvalue weighted by atomic mass is 16.5. The molecule has 0 fully saturated rings. The molecule has 0 unspecified atom stereocenters. The lowest BCUT2D eigenvalue weighted by Crippen LogP contribution is -2.16. The Hall–Kier alpha value is -1.03. The van der Waals surface area contributed by atoms with E-state index in [4.69, 9.17) is 9.84 Å². The van der Waals surface area contributed by atoms with Gasteiger partial charge in [-0.3, -0.25) is 0 Å². The molecule has 10 heavy (non-hydrogen) atoms. The number of hydrogen-bond donors (Lipinski definition) is 1. The quantitative estimate of drug-likeness (QED) is 0.531. The van der Waals surface area contributed by atoms with Gasteiger partial charge in [-0.1, -0.05) is 0 Å². The second-order valence-corrected chi connectivity index (χ2v) is 1.96. The van der Waals surface area contributed by atoms with Gasteiger partial charge in [0.1, 0.15) is 18.7 Å². The molecule has 0 atom stereocenters. The van der Waals surface area contributed by atoms with Crippen molar-refractivity contribution in [3.8, 4) is 0 Å². The number of aliphatic hydroxyl groups is 1. The van der Waals surface area contributed by atoms with E-state index in [0.29, 0.717) is 19.0 Å². The van der Waals surface area contributed by atoms with Crippen molar-refractivity contribution in [2.75, 3.05) is 19.9 Å². The Morgan fingerprint density at radius 2 is 2.70 bits per heavy atom. The van der Waals surface area contributed by atoms with Crippen LogP contribution in [-0.2, 0) is 9.53 Å². The molecular formula is C6H9NO3. The van der Waals surface area contributed by atoms with Crippen LogP contribution in [0.5, 0.6) is 0 Å². The van der Waals surface area contributed by atoms with Gasteiger partial charge in [0.25, 0.3) is 0 Å². The molecule has 0 aromatic carbocycles. The molecule has 0 bridgehead atoms. The predicted molar refractivity (Wildman–Crippen MR) is 33.9 cm³/mol. The molecule has 0 spiro atoms. The number of nitrogens with zero attached hydrogens (tertiary/aromatic N) is 1. The SMILES string of the molecule is O=CCN1C=C(CO)OC1. The highest BCUT2D eigenvalue weighted by Gasteiger charge is 2.10. The van der Waals surface area contributed by atoms with Gasteiger partial charge >= 0.3 is 0 Å². The van der Waals surface area contributed by atoms with Gasteiger partial charge in [-0.15, -0.1) is 0 Å². The van der Waals surface area contributed by atoms with Crippen LogP contribution < -0.4 is 0 Å². The topological polar surface area (TPSA) is 49.8 Å². The molecule has 0 aromatic rings. The molecule has 1 aliphatic heterocycles. The van der Waals surface area contributed by atoms with Crippen molar-refractivity contribution in [1.29, 1.82) is 0 Å². The lowest BCUT2D eigenvalue weighted by Gasteiger charge is -2.06. The number of aliphatic hydroxyl groups excluding tert-OH is 1. The van der Waals surface area contributed by atoms with Crippen LogP contribution in [0.4, 0.5) is 0 Å². The summed E-state index contributed by atoms with van der Waals surface area (Å²) in [7, 11) is 0. The van der Waals surface area contributed by atoms with Crippen LogP contribution >= 0.6 is 0 Å². The third-order valence-corrected chi connectivity index (χ3v) is 1.21. The monoisotopic (exact) mass is 143 g/mol. The van der Waals surface area contributed by atoms with Crippen molar-refractivity contribution >= 4 is 6.29 Å². The van der Waals surface area contributed by atoms with Crippen molar-refractivity contribution in [2.24, 2.45) is 0 Å². The summed E-state index contributed by atoms with van der Waals surface area (Å²) in [6.07, 6.45) is 2.43. The van der Waals surface area contributed by atoms with Gasteiger partial charge in [0.15, 0.2) is 6.73 Å². The molecule has 0 amide bonds. The van der Waals surface area contributed by atoms with Crippen LogP contribution in [-0.4, -0.2) is 36.2 Å². The van der Waals surface area contributed by atoms with Crippen LogP contribution in [0.15, 0.2) is 12.0 Å². The number of rotatable bonds is 3. The van der Waals surface area contributed by atoms with E-state index in [1.54, 1.807) is 11.1 Å². The van der Waals surface area contributed by atoms with Crippen LogP contribution in [0, 0.1) is 0 Å². The molecule has 0 radical (unpaired) electrons. The van der Waals surface area contributed by atoms with Gasteiger partial charge in [0.2, 0.25) is 0 Å². The molecule has 1 rings (SSSR count). The van der Waals surface area contributed by atoms with Gasteiger partial charge in [-0.2, -0.15) is 0 Å². The maximum absolute atomic E-state index is 9.97. The smallest absolute Gasteiger partial charge is 0.161 e. The summed E-state index contributed by atoms with van der Waals surface area (Å²) in [5.74, 6) is 0.516. The fourth-order valence-electron chi connectivity index (χ4n) is 0.732. The van der Waals surface area contributed by atoms with Crippen molar-refractivity contribution in [3.05, 3.63) is 12.0 Å². The van der Waals surface area contributed by atoms with Crippen molar-refractivity contribution < 1.29 is 14.6 Å². The predicted octanol–water partition coefficient (Wildman–Crippen LogP) is -0.691. The van der Waals surface area contributed by atoms with E-state index in [1.807, 2.05) is 0 Å². The van der Waals surface area contributed by atoms with Gasteiger partial charge in [-0.05, 0) is 0 Å². The largest absolute Gasteiger partial charge is 0.473 e. The zero-order valence-electron chi connectivity index (χ0n) is 5.49. The lowest BCUT2D eigenvalue weighted by molar-refractivity contribution is -0.108.